The average molecular weight is 254 g/mol. The van der Waals surface area contributed by atoms with Crippen molar-refractivity contribution in [3.05, 3.63) is 21.9 Å². The van der Waals surface area contributed by atoms with Crippen molar-refractivity contribution in [2.45, 2.75) is 31.9 Å². The molecular formula is C13H22N2OS. The second-order valence-electron chi connectivity index (χ2n) is 4.77. The standard InChI is InChI=1S/C13H22N2OS/c1-10-5-6-13(17-10)12(8-14)15(2)9-11-4-3-7-16-11/h5-6,11-12H,3-4,7-9,14H2,1-2H3. The molecule has 17 heavy (non-hydrogen) atoms. The van der Waals surface area contributed by atoms with Crippen molar-refractivity contribution in [1.82, 2.24) is 4.90 Å². The van der Waals surface area contributed by atoms with E-state index in [4.69, 9.17) is 10.5 Å². The Balaban J connectivity index is 1.97. The lowest BCUT2D eigenvalue weighted by Gasteiger charge is -2.28. The third kappa shape index (κ3) is 3.28. The van der Waals surface area contributed by atoms with Gasteiger partial charge in [0.1, 0.15) is 0 Å². The summed E-state index contributed by atoms with van der Waals surface area (Å²) in [5.41, 5.74) is 5.91. The van der Waals surface area contributed by atoms with Gasteiger partial charge in [0.05, 0.1) is 12.1 Å². The molecule has 2 unspecified atom stereocenters. The highest BCUT2D eigenvalue weighted by molar-refractivity contribution is 7.12. The van der Waals surface area contributed by atoms with Crippen LogP contribution in [0.5, 0.6) is 0 Å². The molecule has 0 spiro atoms. The lowest BCUT2D eigenvalue weighted by Crippen LogP contribution is -2.35. The molecule has 3 nitrogen and oxygen atoms in total. The summed E-state index contributed by atoms with van der Waals surface area (Å²) >= 11 is 1.84. The number of aryl methyl sites for hydroxylation is 1. The summed E-state index contributed by atoms with van der Waals surface area (Å²) in [7, 11) is 2.15. The highest BCUT2D eigenvalue weighted by Crippen LogP contribution is 2.27. The van der Waals surface area contributed by atoms with Crippen molar-refractivity contribution in [3.63, 3.8) is 0 Å². The Bertz CT molecular complexity index is 347. The number of hydrogen-bond acceptors (Lipinski definition) is 4. The summed E-state index contributed by atoms with van der Waals surface area (Å²) in [6.45, 7) is 4.72. The molecule has 1 aromatic heterocycles. The van der Waals surface area contributed by atoms with E-state index in [1.54, 1.807) is 0 Å². The topological polar surface area (TPSA) is 38.5 Å². The highest BCUT2D eigenvalue weighted by atomic mass is 32.1. The third-order valence-corrected chi connectivity index (χ3v) is 4.46. The molecule has 2 heterocycles. The molecule has 0 amide bonds. The molecule has 4 heteroatoms. The Morgan fingerprint density at radius 2 is 2.41 bits per heavy atom. The molecule has 2 atom stereocenters. The number of nitrogens with two attached hydrogens (primary N) is 1. The van der Waals surface area contributed by atoms with Gasteiger partial charge in [0.2, 0.25) is 0 Å². The molecule has 1 fully saturated rings. The molecule has 0 bridgehead atoms. The molecule has 0 saturated carbocycles. The Morgan fingerprint density at radius 1 is 1.59 bits per heavy atom. The Labute approximate surface area is 108 Å². The molecule has 0 aliphatic carbocycles. The van der Waals surface area contributed by atoms with Crippen molar-refractivity contribution in [2.75, 3.05) is 26.7 Å². The minimum atomic E-state index is 0.331. The van der Waals surface area contributed by atoms with Gasteiger partial charge in [-0.2, -0.15) is 0 Å². The summed E-state index contributed by atoms with van der Waals surface area (Å²) < 4.78 is 5.68. The smallest absolute Gasteiger partial charge is 0.0702 e. The summed E-state index contributed by atoms with van der Waals surface area (Å²) in [4.78, 5) is 5.05. The van der Waals surface area contributed by atoms with Crippen molar-refractivity contribution in [1.29, 1.82) is 0 Å². The predicted octanol–water partition coefficient (Wildman–Crippen LogP) is 2.17. The fourth-order valence-electron chi connectivity index (χ4n) is 2.38. The summed E-state index contributed by atoms with van der Waals surface area (Å²) in [5, 5.41) is 0. The summed E-state index contributed by atoms with van der Waals surface area (Å²) in [6, 6.07) is 4.70. The fraction of sp³-hybridized carbons (Fsp3) is 0.692. The first-order valence-electron chi connectivity index (χ1n) is 6.29. The molecule has 1 saturated heterocycles. The van der Waals surface area contributed by atoms with E-state index < -0.39 is 0 Å². The monoisotopic (exact) mass is 254 g/mol. The Hall–Kier alpha value is -0.420. The van der Waals surface area contributed by atoms with E-state index in [9.17, 15) is 0 Å². The molecule has 1 aliphatic heterocycles. The van der Waals surface area contributed by atoms with E-state index in [1.165, 1.54) is 22.6 Å². The predicted molar refractivity (Wildman–Crippen MR) is 72.5 cm³/mol. The van der Waals surface area contributed by atoms with Gasteiger partial charge >= 0.3 is 0 Å². The number of rotatable bonds is 5. The van der Waals surface area contributed by atoms with E-state index in [2.05, 4.69) is 31.0 Å². The second-order valence-corrected chi connectivity index (χ2v) is 6.09. The molecule has 0 aromatic carbocycles. The first-order valence-corrected chi connectivity index (χ1v) is 7.10. The van der Waals surface area contributed by atoms with E-state index in [-0.39, 0.29) is 0 Å². The van der Waals surface area contributed by atoms with E-state index in [0.29, 0.717) is 18.7 Å². The number of thiophene rings is 1. The summed E-state index contributed by atoms with van der Waals surface area (Å²) in [6.07, 6.45) is 2.78. The second kappa shape index (κ2) is 5.96. The van der Waals surface area contributed by atoms with Crippen LogP contribution in [0.15, 0.2) is 12.1 Å². The van der Waals surface area contributed by atoms with E-state index in [0.717, 1.165) is 13.2 Å². The van der Waals surface area contributed by atoms with Crippen molar-refractivity contribution < 1.29 is 4.74 Å². The number of likely N-dealkylation sites (N-methyl/N-ethyl adjacent to an activating group) is 1. The van der Waals surface area contributed by atoms with Crippen molar-refractivity contribution >= 4 is 11.3 Å². The zero-order valence-electron chi connectivity index (χ0n) is 10.7. The molecule has 2 rings (SSSR count). The maximum Gasteiger partial charge on any atom is 0.0702 e. The quantitative estimate of drug-likeness (QED) is 0.875. The maximum atomic E-state index is 5.91. The molecule has 1 aromatic rings. The first kappa shape index (κ1) is 13.0. The van der Waals surface area contributed by atoms with Gasteiger partial charge in [-0.15, -0.1) is 11.3 Å². The van der Waals surface area contributed by atoms with Gasteiger partial charge in [-0.05, 0) is 38.9 Å². The number of nitrogens with zero attached hydrogens (tertiary/aromatic N) is 1. The van der Waals surface area contributed by atoms with Crippen LogP contribution < -0.4 is 5.73 Å². The maximum absolute atomic E-state index is 5.91. The van der Waals surface area contributed by atoms with Crippen molar-refractivity contribution in [2.24, 2.45) is 5.73 Å². The molecular weight excluding hydrogens is 232 g/mol. The Morgan fingerprint density at radius 3 is 2.94 bits per heavy atom. The van der Waals surface area contributed by atoms with Gasteiger partial charge < -0.3 is 10.5 Å². The van der Waals surface area contributed by atoms with Crippen molar-refractivity contribution in [3.8, 4) is 0 Å². The van der Waals surface area contributed by atoms with Gasteiger partial charge in [0, 0.05) is 29.5 Å². The number of hydrogen-bond donors (Lipinski definition) is 1. The van der Waals surface area contributed by atoms with Gasteiger partial charge in [-0.3, -0.25) is 4.90 Å². The van der Waals surface area contributed by atoms with Gasteiger partial charge in [-0.1, -0.05) is 0 Å². The SMILES string of the molecule is Cc1ccc(C(CN)N(C)CC2CCCO2)s1. The highest BCUT2D eigenvalue weighted by Gasteiger charge is 2.23. The average Bonchev–Trinajstić information content (AvgIpc) is 2.91. The molecule has 2 N–H and O–H groups in total. The normalized spacial score (nSPS) is 22.2. The van der Waals surface area contributed by atoms with Crippen LogP contribution in [0.2, 0.25) is 0 Å². The molecule has 1 aliphatic rings. The van der Waals surface area contributed by atoms with Crippen LogP contribution in [0.25, 0.3) is 0 Å². The van der Waals surface area contributed by atoms with Crippen LogP contribution in [0.1, 0.15) is 28.6 Å². The Kier molecular flexibility index (Phi) is 4.56. The lowest BCUT2D eigenvalue weighted by molar-refractivity contribution is 0.0694. The lowest BCUT2D eigenvalue weighted by atomic mass is 10.1. The molecule has 0 radical (unpaired) electrons. The third-order valence-electron chi connectivity index (χ3n) is 3.36. The van der Waals surface area contributed by atoms with Crippen LogP contribution >= 0.6 is 11.3 Å². The zero-order chi connectivity index (χ0) is 12.3. The van der Waals surface area contributed by atoms with E-state index in [1.807, 2.05) is 11.3 Å². The van der Waals surface area contributed by atoms with Crippen LogP contribution in [-0.2, 0) is 4.74 Å². The van der Waals surface area contributed by atoms with Crippen LogP contribution in [0, 0.1) is 6.92 Å². The van der Waals surface area contributed by atoms with Gasteiger partial charge in [0.25, 0.3) is 0 Å². The van der Waals surface area contributed by atoms with Crippen LogP contribution in [-0.4, -0.2) is 37.7 Å². The van der Waals surface area contributed by atoms with Gasteiger partial charge in [-0.25, -0.2) is 0 Å². The zero-order valence-corrected chi connectivity index (χ0v) is 11.5. The minimum Gasteiger partial charge on any atom is -0.377 e. The van der Waals surface area contributed by atoms with Crippen LogP contribution in [0.4, 0.5) is 0 Å². The number of ether oxygens (including phenoxy) is 1. The largest absolute Gasteiger partial charge is 0.377 e. The fourth-order valence-corrected chi connectivity index (χ4v) is 3.44. The minimum absolute atomic E-state index is 0.331. The van der Waals surface area contributed by atoms with E-state index >= 15 is 0 Å². The first-order chi connectivity index (χ1) is 8.20. The summed E-state index contributed by atoms with van der Waals surface area (Å²) in [5.74, 6) is 0. The van der Waals surface area contributed by atoms with Crippen LogP contribution in [0.3, 0.4) is 0 Å². The molecule has 96 valence electrons. The van der Waals surface area contributed by atoms with Gasteiger partial charge in [0.15, 0.2) is 0 Å².